The molecule has 0 aliphatic rings. The van der Waals surface area contributed by atoms with Gasteiger partial charge >= 0.3 is 0 Å². The standard InChI is InChI=1S/C8H9N3O5S/c1-9-16-6-10-17(14,15)8-4-2-7(3-5-8)11(12)13/h2-6,9H,1H3. The van der Waals surface area contributed by atoms with Crippen molar-refractivity contribution in [2.45, 2.75) is 4.90 Å². The van der Waals surface area contributed by atoms with E-state index in [-0.39, 0.29) is 10.6 Å². The summed E-state index contributed by atoms with van der Waals surface area (Å²) in [5, 5.41) is 10.4. The van der Waals surface area contributed by atoms with E-state index in [1.54, 1.807) is 0 Å². The van der Waals surface area contributed by atoms with Crippen molar-refractivity contribution in [2.75, 3.05) is 7.05 Å². The lowest BCUT2D eigenvalue weighted by molar-refractivity contribution is -0.384. The molecular formula is C8H9N3O5S. The maximum atomic E-state index is 11.5. The third-order valence-electron chi connectivity index (χ3n) is 1.70. The summed E-state index contributed by atoms with van der Waals surface area (Å²) >= 11 is 0. The number of nitro groups is 1. The van der Waals surface area contributed by atoms with Crippen LogP contribution in [0.25, 0.3) is 0 Å². The Bertz CT molecular complexity index is 523. The lowest BCUT2D eigenvalue weighted by atomic mass is 10.3. The maximum absolute atomic E-state index is 11.5. The molecule has 92 valence electrons. The van der Waals surface area contributed by atoms with Crippen LogP contribution in [-0.2, 0) is 14.9 Å². The molecular weight excluding hydrogens is 250 g/mol. The minimum atomic E-state index is -3.89. The van der Waals surface area contributed by atoms with E-state index in [1.165, 1.54) is 7.05 Å². The molecule has 0 fully saturated rings. The lowest BCUT2D eigenvalue weighted by Gasteiger charge is -1.98. The van der Waals surface area contributed by atoms with Gasteiger partial charge in [0.1, 0.15) is 0 Å². The molecule has 0 atom stereocenters. The molecule has 1 rings (SSSR count). The van der Waals surface area contributed by atoms with Crippen molar-refractivity contribution in [3.8, 4) is 0 Å². The number of hydroxylamine groups is 1. The number of nitrogens with zero attached hydrogens (tertiary/aromatic N) is 2. The second kappa shape index (κ2) is 5.37. The van der Waals surface area contributed by atoms with E-state index < -0.39 is 14.9 Å². The molecule has 9 heteroatoms. The summed E-state index contributed by atoms with van der Waals surface area (Å²) in [6.07, 6.45) is 0.719. The van der Waals surface area contributed by atoms with Crippen molar-refractivity contribution in [3.63, 3.8) is 0 Å². The third-order valence-corrected chi connectivity index (χ3v) is 2.93. The molecule has 1 aromatic carbocycles. The molecule has 1 aromatic rings. The van der Waals surface area contributed by atoms with Crippen molar-refractivity contribution in [3.05, 3.63) is 34.4 Å². The zero-order valence-corrected chi connectivity index (χ0v) is 9.55. The van der Waals surface area contributed by atoms with Crippen LogP contribution < -0.4 is 5.48 Å². The first-order chi connectivity index (χ1) is 7.97. The highest BCUT2D eigenvalue weighted by Gasteiger charge is 2.14. The Hall–Kier alpha value is -2.00. The summed E-state index contributed by atoms with van der Waals surface area (Å²) in [5.41, 5.74) is 2.02. The third kappa shape index (κ3) is 3.50. The first kappa shape index (κ1) is 13.1. The van der Waals surface area contributed by atoms with E-state index in [4.69, 9.17) is 0 Å². The van der Waals surface area contributed by atoms with E-state index in [2.05, 4.69) is 14.7 Å². The van der Waals surface area contributed by atoms with Crippen molar-refractivity contribution < 1.29 is 18.2 Å². The SMILES string of the molecule is CNOC=NS(=O)(=O)c1ccc([N+](=O)[O-])cc1. The summed E-state index contributed by atoms with van der Waals surface area (Å²) in [6, 6.07) is 4.37. The van der Waals surface area contributed by atoms with Crippen LogP contribution in [0, 0.1) is 10.1 Å². The number of hydrogen-bond donors (Lipinski definition) is 1. The van der Waals surface area contributed by atoms with E-state index in [0.717, 1.165) is 30.7 Å². The van der Waals surface area contributed by atoms with Gasteiger partial charge in [0.2, 0.25) is 6.40 Å². The van der Waals surface area contributed by atoms with Gasteiger partial charge in [0, 0.05) is 19.2 Å². The van der Waals surface area contributed by atoms with Crippen LogP contribution in [-0.4, -0.2) is 26.8 Å². The molecule has 0 spiro atoms. The highest BCUT2D eigenvalue weighted by atomic mass is 32.2. The largest absolute Gasteiger partial charge is 0.396 e. The predicted molar refractivity (Wildman–Crippen MR) is 58.9 cm³/mol. The average molecular weight is 259 g/mol. The second-order valence-corrected chi connectivity index (χ2v) is 4.39. The number of sulfonamides is 1. The molecule has 0 aliphatic carbocycles. The monoisotopic (exact) mass is 259 g/mol. The second-order valence-electron chi connectivity index (χ2n) is 2.76. The van der Waals surface area contributed by atoms with Crippen LogP contribution in [0.2, 0.25) is 0 Å². The van der Waals surface area contributed by atoms with E-state index >= 15 is 0 Å². The predicted octanol–water partition coefficient (Wildman–Crippen LogP) is 0.463. The molecule has 17 heavy (non-hydrogen) atoms. The molecule has 8 nitrogen and oxygen atoms in total. The minimum Gasteiger partial charge on any atom is -0.396 e. The molecule has 0 aromatic heterocycles. The maximum Gasteiger partial charge on any atom is 0.285 e. The van der Waals surface area contributed by atoms with Crippen LogP contribution in [0.1, 0.15) is 0 Å². The van der Waals surface area contributed by atoms with Gasteiger partial charge in [-0.1, -0.05) is 0 Å². The highest BCUT2D eigenvalue weighted by Crippen LogP contribution is 2.17. The van der Waals surface area contributed by atoms with Gasteiger partial charge in [-0.15, -0.1) is 4.40 Å². The first-order valence-electron chi connectivity index (χ1n) is 4.33. The Balaban J connectivity index is 2.96. The Morgan fingerprint density at radius 3 is 2.47 bits per heavy atom. The molecule has 0 saturated heterocycles. The first-order valence-corrected chi connectivity index (χ1v) is 5.77. The number of nitrogens with one attached hydrogen (secondary N) is 1. The fourth-order valence-corrected chi connectivity index (χ4v) is 1.69. The zero-order valence-electron chi connectivity index (χ0n) is 8.73. The van der Waals surface area contributed by atoms with Gasteiger partial charge < -0.3 is 4.84 Å². The van der Waals surface area contributed by atoms with Gasteiger partial charge in [0.05, 0.1) is 9.82 Å². The number of non-ortho nitro benzene ring substituents is 1. The van der Waals surface area contributed by atoms with Crippen molar-refractivity contribution in [1.29, 1.82) is 0 Å². The molecule has 0 radical (unpaired) electrons. The van der Waals surface area contributed by atoms with Crippen molar-refractivity contribution >= 4 is 22.1 Å². The minimum absolute atomic E-state index is 0.154. The molecule has 0 bridgehead atoms. The van der Waals surface area contributed by atoms with E-state index in [0.29, 0.717) is 0 Å². The molecule has 0 heterocycles. The van der Waals surface area contributed by atoms with Gasteiger partial charge in [0.15, 0.2) is 0 Å². The molecule has 0 saturated carbocycles. The molecule has 0 amide bonds. The molecule has 1 N–H and O–H groups in total. The normalized spacial score (nSPS) is 11.6. The van der Waals surface area contributed by atoms with Crippen LogP contribution >= 0.6 is 0 Å². The fourth-order valence-electron chi connectivity index (χ4n) is 0.932. The van der Waals surface area contributed by atoms with Crippen molar-refractivity contribution in [2.24, 2.45) is 4.40 Å². The Kier molecular flexibility index (Phi) is 4.12. The topological polar surface area (TPSA) is 111 Å². The molecule has 0 aliphatic heterocycles. The van der Waals surface area contributed by atoms with Gasteiger partial charge in [-0.3, -0.25) is 10.1 Å². The van der Waals surface area contributed by atoms with Crippen LogP contribution in [0.5, 0.6) is 0 Å². The van der Waals surface area contributed by atoms with Crippen LogP contribution in [0.3, 0.4) is 0 Å². The van der Waals surface area contributed by atoms with Crippen LogP contribution in [0.15, 0.2) is 33.6 Å². The van der Waals surface area contributed by atoms with Gasteiger partial charge in [-0.25, -0.2) is 0 Å². The number of rotatable bonds is 5. The summed E-state index contributed by atoms with van der Waals surface area (Å²) in [7, 11) is -2.46. The Labute approximate surface area is 97.1 Å². The quantitative estimate of drug-likeness (QED) is 0.356. The fraction of sp³-hybridized carbons (Fsp3) is 0.125. The zero-order chi connectivity index (χ0) is 12.9. The van der Waals surface area contributed by atoms with Crippen molar-refractivity contribution in [1.82, 2.24) is 5.48 Å². The molecule has 0 unspecified atom stereocenters. The lowest BCUT2D eigenvalue weighted by Crippen LogP contribution is -2.06. The number of hydrogen-bond acceptors (Lipinski definition) is 6. The van der Waals surface area contributed by atoms with Gasteiger partial charge in [0.25, 0.3) is 15.7 Å². The Morgan fingerprint density at radius 2 is 2.00 bits per heavy atom. The van der Waals surface area contributed by atoms with Crippen LogP contribution in [0.4, 0.5) is 5.69 Å². The summed E-state index contributed by atoms with van der Waals surface area (Å²) in [5.74, 6) is 0. The Morgan fingerprint density at radius 1 is 1.41 bits per heavy atom. The summed E-state index contributed by atoms with van der Waals surface area (Å²) in [4.78, 5) is 14.0. The van der Waals surface area contributed by atoms with E-state index in [1.807, 2.05) is 0 Å². The van der Waals surface area contributed by atoms with E-state index in [9.17, 15) is 18.5 Å². The average Bonchev–Trinajstić information content (AvgIpc) is 2.29. The number of nitro benzene ring substituents is 1. The van der Waals surface area contributed by atoms with Gasteiger partial charge in [-0.05, 0) is 12.1 Å². The number of benzene rings is 1. The smallest absolute Gasteiger partial charge is 0.285 e. The summed E-state index contributed by atoms with van der Waals surface area (Å²) in [6.45, 7) is 0. The highest BCUT2D eigenvalue weighted by molar-refractivity contribution is 7.90. The summed E-state index contributed by atoms with van der Waals surface area (Å²) < 4.78 is 26.2. The van der Waals surface area contributed by atoms with Gasteiger partial charge in [-0.2, -0.15) is 13.9 Å².